The van der Waals surface area contributed by atoms with Gasteiger partial charge in [0.1, 0.15) is 5.75 Å². The molecule has 38 heavy (non-hydrogen) atoms. The Morgan fingerprint density at radius 2 is 1.71 bits per heavy atom. The molecule has 2 N–H and O–H groups in total. The third kappa shape index (κ3) is 5.87. The van der Waals surface area contributed by atoms with Gasteiger partial charge in [0.25, 0.3) is 10.0 Å². The molecule has 2 atom stereocenters. The van der Waals surface area contributed by atoms with E-state index >= 15 is 0 Å². The van der Waals surface area contributed by atoms with Crippen molar-refractivity contribution < 1.29 is 62.9 Å². The van der Waals surface area contributed by atoms with E-state index in [1.165, 1.54) is 0 Å². The minimum atomic E-state index is -5.24. The lowest BCUT2D eigenvalue weighted by molar-refractivity contribution is -0.242. The van der Waals surface area contributed by atoms with Gasteiger partial charge in [0, 0.05) is 5.69 Å². The van der Waals surface area contributed by atoms with Crippen LogP contribution < -0.4 is 14.4 Å². The fourth-order valence-electron chi connectivity index (χ4n) is 3.15. The van der Waals surface area contributed by atoms with Crippen LogP contribution in [0.4, 0.5) is 51.3 Å². The number of nitrogens with one attached hydrogen (secondary N) is 1. The van der Waals surface area contributed by atoms with Gasteiger partial charge in [0.15, 0.2) is 23.8 Å². The van der Waals surface area contributed by atoms with Crippen LogP contribution in [0.3, 0.4) is 0 Å². The van der Waals surface area contributed by atoms with E-state index in [9.17, 15) is 53.4 Å². The maximum atomic E-state index is 13.7. The zero-order valence-corrected chi connectivity index (χ0v) is 20.0. The lowest BCUT2D eigenvalue weighted by atomic mass is 10.1. The van der Waals surface area contributed by atoms with Gasteiger partial charge in [-0.1, -0.05) is 0 Å². The second-order valence-electron chi connectivity index (χ2n) is 8.46. The van der Waals surface area contributed by atoms with Crippen LogP contribution in [-0.2, 0) is 14.8 Å². The summed E-state index contributed by atoms with van der Waals surface area (Å²) in [4.78, 5) is 11.2. The molecule has 8 nitrogen and oxygen atoms in total. The molecule has 0 spiro atoms. The van der Waals surface area contributed by atoms with Crippen molar-refractivity contribution in [3.63, 3.8) is 0 Å². The number of carbonyl (C=O) groups excluding carboxylic acids is 1. The monoisotopic (exact) mass is 578 g/mol. The Kier molecular flexibility index (Phi) is 7.50. The van der Waals surface area contributed by atoms with Crippen LogP contribution in [0.25, 0.3) is 0 Å². The van der Waals surface area contributed by atoms with E-state index in [2.05, 4.69) is 4.74 Å². The molecule has 1 aliphatic heterocycles. The number of carbonyl (C=O) groups is 1. The van der Waals surface area contributed by atoms with Crippen LogP contribution in [0, 0.1) is 11.6 Å². The van der Waals surface area contributed by atoms with Crippen LogP contribution in [0.1, 0.15) is 13.8 Å². The number of fused-ring (bicyclic) bond motifs is 1. The quantitative estimate of drug-likeness (QED) is 0.497. The average molecular weight is 578 g/mol. The normalized spacial score (nSPS) is 17.3. The highest BCUT2D eigenvalue weighted by Gasteiger charge is 2.51. The molecule has 2 aromatic rings. The van der Waals surface area contributed by atoms with Gasteiger partial charge in [-0.05, 0) is 50.2 Å². The Balaban J connectivity index is 2.03. The Hall–Kier alpha value is -3.34. The zero-order chi connectivity index (χ0) is 28.8. The van der Waals surface area contributed by atoms with Gasteiger partial charge < -0.3 is 14.6 Å². The topological polar surface area (TPSA) is 105 Å². The lowest BCUT2D eigenvalue weighted by Crippen LogP contribution is -2.53. The Bertz CT molecular complexity index is 1330. The van der Waals surface area contributed by atoms with E-state index in [-0.39, 0.29) is 16.1 Å². The Morgan fingerprint density at radius 3 is 2.26 bits per heavy atom. The minimum absolute atomic E-state index is 0.272. The number of rotatable bonds is 5. The molecule has 3 rings (SSSR count). The number of halogens is 8. The summed E-state index contributed by atoms with van der Waals surface area (Å²) in [5.41, 5.74) is -3.82. The summed E-state index contributed by atoms with van der Waals surface area (Å²) in [5, 5.41) is 11.6. The number of hydrogen-bond acceptors (Lipinski definition) is 6. The predicted molar refractivity (Wildman–Crippen MR) is 114 cm³/mol. The molecule has 210 valence electrons. The van der Waals surface area contributed by atoms with Gasteiger partial charge in [0.05, 0.1) is 17.1 Å². The molecule has 0 radical (unpaired) electrons. The molecule has 1 heterocycles. The first-order valence-corrected chi connectivity index (χ1v) is 11.8. The minimum Gasteiger partial charge on any atom is -0.483 e. The summed E-state index contributed by atoms with van der Waals surface area (Å²) in [7, 11) is -4.94. The van der Waals surface area contributed by atoms with E-state index in [0.717, 1.165) is 18.2 Å². The molecule has 1 aliphatic rings. The summed E-state index contributed by atoms with van der Waals surface area (Å²) in [6.07, 6.45) is -17.2. The first-order chi connectivity index (χ1) is 17.2. The van der Waals surface area contributed by atoms with Crippen LogP contribution in [0.5, 0.6) is 5.75 Å². The highest BCUT2D eigenvalue weighted by atomic mass is 32.2. The number of aliphatic hydroxyl groups excluding tert-OH is 1. The maximum Gasteiger partial charge on any atom is 0.427 e. The van der Waals surface area contributed by atoms with Crippen LogP contribution >= 0.6 is 0 Å². The fourth-order valence-corrected chi connectivity index (χ4v) is 4.64. The summed E-state index contributed by atoms with van der Waals surface area (Å²) < 4.78 is 142. The maximum absolute atomic E-state index is 13.7. The van der Waals surface area contributed by atoms with Crippen LogP contribution in [-0.4, -0.2) is 56.3 Å². The van der Waals surface area contributed by atoms with Crippen molar-refractivity contribution in [2.45, 2.75) is 48.9 Å². The van der Waals surface area contributed by atoms with Crippen molar-refractivity contribution in [1.29, 1.82) is 0 Å². The highest BCUT2D eigenvalue weighted by Crippen LogP contribution is 2.41. The highest BCUT2D eigenvalue weighted by molar-refractivity contribution is 7.92. The lowest BCUT2D eigenvalue weighted by Gasteiger charge is -2.37. The molecule has 0 fully saturated rings. The molecule has 1 amide bonds. The van der Waals surface area contributed by atoms with Crippen LogP contribution in [0.2, 0.25) is 0 Å². The van der Waals surface area contributed by atoms with Gasteiger partial charge in [0.2, 0.25) is 5.60 Å². The molecule has 0 aromatic heterocycles. The number of aliphatic hydroxyl groups is 1. The molecule has 2 aromatic carbocycles. The van der Waals surface area contributed by atoms with Gasteiger partial charge >= 0.3 is 18.4 Å². The number of sulfonamides is 1. The van der Waals surface area contributed by atoms with Crippen molar-refractivity contribution in [1.82, 2.24) is 0 Å². The van der Waals surface area contributed by atoms with Gasteiger partial charge in [-0.3, -0.25) is 9.62 Å². The van der Waals surface area contributed by atoms with Gasteiger partial charge in [-0.25, -0.2) is 22.0 Å². The number of nitrogens with zero attached hydrogens (tertiary/aromatic N) is 1. The molecular formula is C21H18F8N2O6S. The van der Waals surface area contributed by atoms with E-state index in [1.807, 2.05) is 5.32 Å². The molecule has 0 saturated carbocycles. The summed E-state index contributed by atoms with van der Waals surface area (Å²) in [5.74, 6) is -3.55. The number of amides is 1. The molecule has 17 heteroatoms. The Labute approximate surface area is 209 Å². The van der Waals surface area contributed by atoms with E-state index in [1.54, 1.807) is 0 Å². The second-order valence-corrected chi connectivity index (χ2v) is 10.3. The predicted octanol–water partition coefficient (Wildman–Crippen LogP) is 4.73. The summed E-state index contributed by atoms with van der Waals surface area (Å²) in [6, 6.07) is 4.02. The van der Waals surface area contributed by atoms with E-state index in [0.29, 0.717) is 26.0 Å². The number of alkyl halides is 6. The summed E-state index contributed by atoms with van der Waals surface area (Å²) >= 11 is 0. The largest absolute Gasteiger partial charge is 0.483 e. The van der Waals surface area contributed by atoms with E-state index in [4.69, 9.17) is 4.74 Å². The first-order valence-electron chi connectivity index (χ1n) is 10.3. The van der Waals surface area contributed by atoms with Crippen molar-refractivity contribution in [2.24, 2.45) is 0 Å². The molecule has 0 bridgehead atoms. The van der Waals surface area contributed by atoms with Crippen molar-refractivity contribution in [3.05, 3.63) is 48.0 Å². The molecule has 0 aliphatic carbocycles. The number of benzene rings is 2. The summed E-state index contributed by atoms with van der Waals surface area (Å²) in [6.45, 7) is -0.0466. The average Bonchev–Trinajstić information content (AvgIpc) is 2.77. The third-order valence-electron chi connectivity index (χ3n) is 5.30. The fraction of sp³-hybridized carbons (Fsp3) is 0.381. The smallest absolute Gasteiger partial charge is 0.427 e. The van der Waals surface area contributed by atoms with Gasteiger partial charge in [-0.2, -0.15) is 26.3 Å². The Morgan fingerprint density at radius 1 is 1.08 bits per heavy atom. The zero-order valence-electron chi connectivity index (χ0n) is 19.2. The molecule has 0 unspecified atom stereocenters. The number of anilines is 2. The number of ether oxygens (including phenoxy) is 2. The standard InChI is InChI=1S/C21H18F8N2O6S/c1-19(2,21(27,28)29)37-18(33)30-10-3-6-15-14(7-10)31(9-16(36-15)17(32)20(24,25)26)38(34,35)11-4-5-12(22)13(23)8-11/h3-8,16-17,32H,9H2,1-2H3,(H,30,33)/t16-,17+/m1/s1. The third-order valence-corrected chi connectivity index (χ3v) is 7.07. The number of hydrogen-bond donors (Lipinski definition) is 2. The van der Waals surface area contributed by atoms with Crippen molar-refractivity contribution >= 4 is 27.5 Å². The molecular weight excluding hydrogens is 560 g/mol. The first kappa shape index (κ1) is 29.2. The van der Waals surface area contributed by atoms with Crippen LogP contribution in [0.15, 0.2) is 41.3 Å². The van der Waals surface area contributed by atoms with E-state index < -0.39 is 80.8 Å². The van der Waals surface area contributed by atoms with Crippen molar-refractivity contribution in [3.8, 4) is 5.75 Å². The second kappa shape index (κ2) is 9.76. The van der Waals surface area contributed by atoms with Gasteiger partial charge in [-0.15, -0.1) is 0 Å². The SMILES string of the molecule is CC(C)(OC(=O)Nc1ccc2c(c1)N(S(=O)(=O)c1ccc(F)c(F)c1)C[C@H]([C@H](O)C(F)(F)F)O2)C(F)(F)F. The molecule has 0 saturated heterocycles. The van der Waals surface area contributed by atoms with Crippen molar-refractivity contribution in [2.75, 3.05) is 16.2 Å².